The highest BCUT2D eigenvalue weighted by molar-refractivity contribution is 6.32. The number of halogens is 8. The number of nitrogens with one attached hydrogen (secondary N) is 4. The van der Waals surface area contributed by atoms with Gasteiger partial charge in [-0.1, -0.05) is 23.2 Å². The summed E-state index contributed by atoms with van der Waals surface area (Å²) in [6.45, 7) is 6.90. The number of methoxy groups -OCH3 is 2. The van der Waals surface area contributed by atoms with E-state index in [0.717, 1.165) is 64.2 Å². The molecule has 6 atom stereocenters. The molecule has 0 spiro atoms. The first kappa shape index (κ1) is 50.5. The summed E-state index contributed by atoms with van der Waals surface area (Å²) in [5.41, 5.74) is -0.554. The molecule has 0 radical (unpaired) electrons. The Morgan fingerprint density at radius 3 is 1.34 bits per heavy atom. The molecule has 378 valence electrons. The highest BCUT2D eigenvalue weighted by atomic mass is 35.5. The molecule has 70 heavy (non-hydrogen) atoms. The fraction of sp³-hybridized carbons (Fsp3) is 0.522. The normalized spacial score (nSPS) is 20.8. The van der Waals surface area contributed by atoms with Crippen LogP contribution < -0.4 is 20.1 Å². The number of alkyl carbamates (subject to hydrolysis) is 2. The number of carbonyl (C=O) groups is 4. The van der Waals surface area contributed by atoms with Crippen molar-refractivity contribution in [2.75, 3.05) is 14.2 Å². The van der Waals surface area contributed by atoms with E-state index < -0.39 is 83.4 Å². The molecule has 4 aromatic rings. The van der Waals surface area contributed by atoms with Crippen LogP contribution >= 0.6 is 23.2 Å². The van der Waals surface area contributed by atoms with Gasteiger partial charge in [-0.2, -0.15) is 26.3 Å². The average molecular weight is 1030 g/mol. The van der Waals surface area contributed by atoms with E-state index in [4.69, 9.17) is 32.7 Å². The Balaban J connectivity index is 1.07. The second kappa shape index (κ2) is 18.1. The highest BCUT2D eigenvalue weighted by Crippen LogP contribution is 2.52. The summed E-state index contributed by atoms with van der Waals surface area (Å²) in [4.78, 5) is 70.8. The molecule has 8 rings (SSSR count). The number of benzene rings is 2. The number of carbonyl (C=O) groups excluding carboxylic acids is 4. The number of ether oxygens (including phenoxy) is 4. The maximum atomic E-state index is 14.3. The molecule has 0 bridgehead atoms. The molecular formula is C46H50Cl2F6N8O8. The third-order valence-electron chi connectivity index (χ3n) is 14.1. The van der Waals surface area contributed by atoms with E-state index in [2.05, 4.69) is 40.0 Å². The fourth-order valence-electron chi connectivity index (χ4n) is 9.73. The van der Waals surface area contributed by atoms with Gasteiger partial charge in [0.15, 0.2) is 10.3 Å². The van der Waals surface area contributed by atoms with Gasteiger partial charge in [-0.3, -0.25) is 9.59 Å². The number of hydrogen-bond donors (Lipinski definition) is 4. The SMILES string of the molecule is COC(=O)N[C@H](C(=O)N1[C@@H](C)CC[C@H]1c1nc(Cl)c(-c2cc3c4c(c2)OCc2cc(-c5[nH]c([C@@H]6CC[C@H](C)N6C(=O)[C@@H](NC(=O)OC)C(C)(C)C(F)(F)F)nc5Cl)cc(c2-4)OC3)[nH]1)C(C)(C)C(F)(F)F. The summed E-state index contributed by atoms with van der Waals surface area (Å²) in [6.07, 6.45) is -10.6. The van der Waals surface area contributed by atoms with E-state index in [-0.39, 0.29) is 35.2 Å². The molecule has 2 aromatic heterocycles. The lowest BCUT2D eigenvalue weighted by Gasteiger charge is -2.39. The first-order valence-electron chi connectivity index (χ1n) is 22.3. The van der Waals surface area contributed by atoms with Crippen LogP contribution in [-0.4, -0.2) is 104 Å². The molecule has 4 amide bonds. The Bertz CT molecular complexity index is 2530. The summed E-state index contributed by atoms with van der Waals surface area (Å²) in [7, 11) is 1.98. The summed E-state index contributed by atoms with van der Waals surface area (Å²) < 4.78 is 108. The summed E-state index contributed by atoms with van der Waals surface area (Å²) in [5.74, 6) is -0.472. The van der Waals surface area contributed by atoms with E-state index in [1.165, 1.54) is 9.80 Å². The van der Waals surface area contributed by atoms with Gasteiger partial charge in [0.05, 0.1) is 48.5 Å². The van der Waals surface area contributed by atoms with Crippen molar-refractivity contribution in [1.82, 2.24) is 40.4 Å². The minimum absolute atomic E-state index is 0.0328. The second-order valence-corrected chi connectivity index (χ2v) is 19.8. The van der Waals surface area contributed by atoms with Crippen molar-refractivity contribution < 1.29 is 64.5 Å². The number of amides is 4. The minimum atomic E-state index is -4.87. The minimum Gasteiger partial charge on any atom is -0.488 e. The van der Waals surface area contributed by atoms with Gasteiger partial charge in [0.25, 0.3) is 0 Å². The van der Waals surface area contributed by atoms with Gasteiger partial charge in [0.1, 0.15) is 48.4 Å². The van der Waals surface area contributed by atoms with Crippen LogP contribution in [-0.2, 0) is 32.3 Å². The van der Waals surface area contributed by atoms with Crippen LogP contribution in [0, 0.1) is 10.8 Å². The molecule has 24 heteroatoms. The van der Waals surface area contributed by atoms with Crippen LogP contribution in [0.2, 0.25) is 10.3 Å². The molecule has 16 nitrogen and oxygen atoms in total. The maximum Gasteiger partial charge on any atom is 0.407 e. The van der Waals surface area contributed by atoms with Crippen LogP contribution in [0.25, 0.3) is 33.6 Å². The van der Waals surface area contributed by atoms with E-state index >= 15 is 0 Å². The third-order valence-corrected chi connectivity index (χ3v) is 14.6. The van der Waals surface area contributed by atoms with Gasteiger partial charge in [0, 0.05) is 45.5 Å². The van der Waals surface area contributed by atoms with Gasteiger partial charge >= 0.3 is 24.5 Å². The highest BCUT2D eigenvalue weighted by Gasteiger charge is 2.59. The smallest absolute Gasteiger partial charge is 0.407 e. The zero-order valence-electron chi connectivity index (χ0n) is 39.1. The summed E-state index contributed by atoms with van der Waals surface area (Å²) >= 11 is 13.5. The monoisotopic (exact) mass is 1030 g/mol. The number of aromatic nitrogens is 4. The van der Waals surface area contributed by atoms with Crippen molar-refractivity contribution in [2.24, 2.45) is 10.8 Å². The van der Waals surface area contributed by atoms with Crippen molar-refractivity contribution in [3.8, 4) is 45.1 Å². The maximum absolute atomic E-state index is 14.3. The number of imidazole rings is 2. The van der Waals surface area contributed by atoms with Crippen molar-refractivity contribution in [3.05, 3.63) is 57.3 Å². The van der Waals surface area contributed by atoms with Crippen LogP contribution in [0.1, 0.15) is 102 Å². The number of nitrogens with zero attached hydrogens (tertiary/aromatic N) is 4. The Morgan fingerprint density at radius 1 is 0.657 bits per heavy atom. The fourth-order valence-corrected chi connectivity index (χ4v) is 10.2. The van der Waals surface area contributed by atoms with Crippen molar-refractivity contribution in [2.45, 2.75) is 129 Å². The van der Waals surface area contributed by atoms with E-state index in [9.17, 15) is 45.5 Å². The molecular weight excluding hydrogens is 977 g/mol. The largest absolute Gasteiger partial charge is 0.488 e. The Kier molecular flexibility index (Phi) is 13.0. The number of likely N-dealkylation sites (tertiary alicyclic amines) is 2. The molecule has 0 saturated carbocycles. The van der Waals surface area contributed by atoms with Crippen molar-refractivity contribution in [3.63, 3.8) is 0 Å². The molecule has 4 aliphatic rings. The van der Waals surface area contributed by atoms with E-state index in [1.54, 1.807) is 26.0 Å². The predicted octanol–water partition coefficient (Wildman–Crippen LogP) is 9.96. The lowest BCUT2D eigenvalue weighted by atomic mass is 9.82. The predicted molar refractivity (Wildman–Crippen MR) is 241 cm³/mol. The Hall–Kier alpha value is -5.90. The van der Waals surface area contributed by atoms with Crippen molar-refractivity contribution in [1.29, 1.82) is 0 Å². The number of aromatic amines is 2. The van der Waals surface area contributed by atoms with Crippen molar-refractivity contribution >= 4 is 47.2 Å². The zero-order chi connectivity index (χ0) is 51.2. The molecule has 2 aromatic carbocycles. The summed E-state index contributed by atoms with van der Waals surface area (Å²) in [5, 5.41) is 4.28. The number of rotatable bonds is 10. The number of hydrogen-bond acceptors (Lipinski definition) is 10. The van der Waals surface area contributed by atoms with Crippen LogP contribution in [0.5, 0.6) is 11.5 Å². The van der Waals surface area contributed by atoms with Gasteiger partial charge < -0.3 is 49.3 Å². The molecule has 0 aliphatic carbocycles. The van der Waals surface area contributed by atoms with Gasteiger partial charge in [-0.15, -0.1) is 0 Å². The molecule has 0 unspecified atom stereocenters. The number of H-pyrrole nitrogens is 2. The van der Waals surface area contributed by atoms with Crippen LogP contribution in [0.4, 0.5) is 35.9 Å². The molecule has 2 saturated heterocycles. The van der Waals surface area contributed by atoms with Gasteiger partial charge in [-0.05, 0) is 91.5 Å². The first-order valence-corrected chi connectivity index (χ1v) is 23.0. The lowest BCUT2D eigenvalue weighted by molar-refractivity contribution is -0.222. The molecule has 4 aliphatic heterocycles. The quantitative estimate of drug-likeness (QED) is 0.111. The van der Waals surface area contributed by atoms with Gasteiger partial charge in [0.2, 0.25) is 11.8 Å². The second-order valence-electron chi connectivity index (χ2n) is 19.1. The van der Waals surface area contributed by atoms with Crippen LogP contribution in [0.3, 0.4) is 0 Å². The van der Waals surface area contributed by atoms with E-state index in [0.29, 0.717) is 59.7 Å². The molecule has 6 heterocycles. The zero-order valence-corrected chi connectivity index (χ0v) is 40.6. The number of alkyl halides is 6. The Morgan fingerprint density at radius 2 is 1.01 bits per heavy atom. The van der Waals surface area contributed by atoms with E-state index in [1.807, 2.05) is 12.1 Å². The topological polar surface area (TPSA) is 193 Å². The standard InChI is InChI=1S/C46H50Cl2F6N8O8/c1-19-9-11-25(61(19)39(63)33(57-41(65)67-7)43(3,4)45(49,50)51)37-55-31(35(47)59-37)21-13-23-17-70-28-16-22(14-24-18-69-27(15-21)29(23)30(24)28)32-36(48)60-38(56-32)26-12-10-20(2)62(26)40(64)34(58-42(66)68-8)44(5,6)46(52,53)54/h13-16,19-20,25-26,33-34H,9-12,17-18H2,1-8H3,(H,55,59)(H,56,60)(H,57,65)(H,58,66)/t19-,20-,25-,26-,33+,34+/m0/s1. The third kappa shape index (κ3) is 8.61. The summed E-state index contributed by atoms with van der Waals surface area (Å²) in [6, 6.07) is 0.489. The molecule has 4 N–H and O–H groups in total. The van der Waals surface area contributed by atoms with Gasteiger partial charge in [-0.25, -0.2) is 19.6 Å². The van der Waals surface area contributed by atoms with Crippen LogP contribution in [0.15, 0.2) is 24.3 Å². The lowest BCUT2D eigenvalue weighted by Crippen LogP contribution is -2.60. The average Bonchev–Trinajstić information content (AvgIpc) is 4.09. The Labute approximate surface area is 407 Å². The molecule has 2 fully saturated rings. The first-order chi connectivity index (χ1) is 32.7.